The van der Waals surface area contributed by atoms with Gasteiger partial charge in [-0.2, -0.15) is 0 Å². The fraction of sp³-hybridized carbons (Fsp3) is 0.500. The van der Waals surface area contributed by atoms with Crippen molar-refractivity contribution in [2.24, 2.45) is 0 Å². The minimum atomic E-state index is -0.524. The third kappa shape index (κ3) is 4.42. The number of rotatable bonds is 5. The molecule has 1 heterocycles. The molecule has 1 amide bonds. The Balaban J connectivity index is 2.52. The van der Waals surface area contributed by atoms with Crippen molar-refractivity contribution >= 4 is 39.1 Å². The smallest absolute Gasteiger partial charge is 0.315 e. The molecule has 1 rings (SSSR count). The van der Waals surface area contributed by atoms with E-state index in [0.29, 0.717) is 6.54 Å². The first-order chi connectivity index (χ1) is 8.35. The monoisotopic (exact) mass is 333 g/mol. The summed E-state index contributed by atoms with van der Waals surface area (Å²) < 4.78 is 5.50. The summed E-state index contributed by atoms with van der Waals surface area (Å²) in [6, 6.07) is 4.01. The van der Waals surface area contributed by atoms with Gasteiger partial charge < -0.3 is 10.1 Å². The van der Waals surface area contributed by atoms with Gasteiger partial charge in [-0.3, -0.25) is 9.59 Å². The van der Waals surface area contributed by atoms with Gasteiger partial charge in [0.1, 0.15) is 6.42 Å². The molecule has 18 heavy (non-hydrogen) atoms. The van der Waals surface area contributed by atoms with Crippen molar-refractivity contribution in [2.45, 2.75) is 25.7 Å². The fourth-order valence-corrected chi connectivity index (χ4v) is 2.84. The summed E-state index contributed by atoms with van der Waals surface area (Å²) >= 11 is 5.06. The van der Waals surface area contributed by atoms with E-state index < -0.39 is 5.97 Å². The predicted molar refractivity (Wildman–Crippen MR) is 74.7 cm³/mol. The molecule has 0 aliphatic carbocycles. The second-order valence-electron chi connectivity index (χ2n) is 4.52. The van der Waals surface area contributed by atoms with E-state index in [1.165, 1.54) is 12.0 Å². The Labute approximate surface area is 119 Å². The van der Waals surface area contributed by atoms with Crippen LogP contribution >= 0.6 is 27.3 Å². The molecule has 0 aliphatic heterocycles. The van der Waals surface area contributed by atoms with Crippen molar-refractivity contribution in [3.05, 3.63) is 20.8 Å². The Morgan fingerprint density at radius 2 is 2.11 bits per heavy atom. The molecule has 0 saturated carbocycles. The van der Waals surface area contributed by atoms with Gasteiger partial charge in [-0.05, 0) is 28.1 Å². The van der Waals surface area contributed by atoms with Gasteiger partial charge in [-0.15, -0.1) is 11.3 Å². The van der Waals surface area contributed by atoms with Gasteiger partial charge in [0.05, 0.1) is 10.9 Å². The van der Waals surface area contributed by atoms with E-state index in [4.69, 9.17) is 0 Å². The summed E-state index contributed by atoms with van der Waals surface area (Å²) in [5, 5.41) is 2.75. The molecule has 0 atom stereocenters. The van der Waals surface area contributed by atoms with Crippen LogP contribution < -0.4 is 5.32 Å². The molecule has 0 aliphatic rings. The number of hydrogen-bond acceptors (Lipinski definition) is 4. The van der Waals surface area contributed by atoms with Gasteiger partial charge in [0, 0.05) is 16.8 Å². The average molecular weight is 334 g/mol. The van der Waals surface area contributed by atoms with Gasteiger partial charge in [-0.1, -0.05) is 13.8 Å². The van der Waals surface area contributed by atoms with Crippen molar-refractivity contribution in [2.75, 3.05) is 13.7 Å². The molecular weight excluding hydrogens is 318 g/mol. The number of ether oxygens (including phenoxy) is 1. The zero-order chi connectivity index (χ0) is 13.8. The number of thiophene rings is 1. The number of hydrogen-bond donors (Lipinski definition) is 1. The molecule has 100 valence electrons. The molecule has 1 N–H and O–H groups in total. The van der Waals surface area contributed by atoms with Crippen LogP contribution in [0.25, 0.3) is 0 Å². The summed E-state index contributed by atoms with van der Waals surface area (Å²) in [4.78, 5) is 23.6. The molecule has 0 radical (unpaired) electrons. The molecule has 0 aromatic carbocycles. The van der Waals surface area contributed by atoms with Crippen molar-refractivity contribution in [3.63, 3.8) is 0 Å². The van der Waals surface area contributed by atoms with Crippen LogP contribution in [-0.2, 0) is 19.7 Å². The van der Waals surface area contributed by atoms with Crippen LogP contribution in [0.3, 0.4) is 0 Å². The number of amides is 1. The first-order valence-corrected chi connectivity index (χ1v) is 7.05. The lowest BCUT2D eigenvalue weighted by Gasteiger charge is -2.23. The topological polar surface area (TPSA) is 55.4 Å². The maximum atomic E-state index is 11.5. The molecule has 0 spiro atoms. The highest BCUT2D eigenvalue weighted by Gasteiger charge is 2.23. The Morgan fingerprint density at radius 3 is 2.61 bits per heavy atom. The molecule has 0 saturated heterocycles. The quantitative estimate of drug-likeness (QED) is 0.665. The van der Waals surface area contributed by atoms with Gasteiger partial charge in [-0.25, -0.2) is 0 Å². The van der Waals surface area contributed by atoms with Crippen LogP contribution in [0, 0.1) is 0 Å². The minimum Gasteiger partial charge on any atom is -0.469 e. The van der Waals surface area contributed by atoms with Crippen LogP contribution in [0.15, 0.2) is 15.9 Å². The Morgan fingerprint density at radius 1 is 1.44 bits per heavy atom. The summed E-state index contributed by atoms with van der Waals surface area (Å²) in [7, 11) is 1.27. The van der Waals surface area contributed by atoms with Crippen molar-refractivity contribution in [1.82, 2.24) is 5.32 Å². The number of halogens is 1. The first kappa shape index (κ1) is 15.2. The van der Waals surface area contributed by atoms with E-state index in [1.807, 2.05) is 26.0 Å². The molecule has 0 fully saturated rings. The summed E-state index contributed by atoms with van der Waals surface area (Å²) in [6.07, 6.45) is -0.235. The average Bonchev–Trinajstić information content (AvgIpc) is 2.74. The second kappa shape index (κ2) is 6.33. The maximum absolute atomic E-state index is 11.5. The predicted octanol–water partition coefficient (Wildman–Crippen LogP) is 2.47. The zero-order valence-electron chi connectivity index (χ0n) is 10.6. The normalized spacial score (nSPS) is 11.1. The number of methoxy groups -OCH3 is 1. The van der Waals surface area contributed by atoms with E-state index in [1.54, 1.807) is 11.3 Å². The zero-order valence-corrected chi connectivity index (χ0v) is 13.0. The number of esters is 1. The van der Waals surface area contributed by atoms with Crippen LogP contribution in [0.1, 0.15) is 25.1 Å². The molecular formula is C12H16BrNO3S. The molecule has 0 bridgehead atoms. The summed E-state index contributed by atoms with van der Waals surface area (Å²) in [5.74, 6) is -0.838. The van der Waals surface area contributed by atoms with Crippen LogP contribution in [-0.4, -0.2) is 25.5 Å². The highest BCUT2D eigenvalue weighted by atomic mass is 79.9. The molecule has 1 aromatic heterocycles. The molecule has 6 heteroatoms. The van der Waals surface area contributed by atoms with E-state index in [9.17, 15) is 9.59 Å². The van der Waals surface area contributed by atoms with E-state index in [2.05, 4.69) is 26.0 Å². The lowest BCUT2D eigenvalue weighted by Crippen LogP contribution is -2.37. The Hall–Kier alpha value is -0.880. The highest BCUT2D eigenvalue weighted by molar-refractivity contribution is 9.11. The number of carbonyl (C=O) groups excluding carboxylic acids is 2. The van der Waals surface area contributed by atoms with Crippen LogP contribution in [0.4, 0.5) is 0 Å². The lowest BCUT2D eigenvalue weighted by atomic mass is 9.91. The fourth-order valence-electron chi connectivity index (χ4n) is 1.35. The van der Waals surface area contributed by atoms with Crippen LogP contribution in [0.2, 0.25) is 0 Å². The van der Waals surface area contributed by atoms with E-state index in [-0.39, 0.29) is 17.7 Å². The third-order valence-electron chi connectivity index (χ3n) is 2.50. The molecule has 1 aromatic rings. The second-order valence-corrected chi connectivity index (χ2v) is 6.98. The van der Waals surface area contributed by atoms with Gasteiger partial charge in [0.25, 0.3) is 0 Å². The standard InChI is InChI=1S/C12H16BrNO3S/c1-12(2,8-4-5-9(13)18-8)7-14-10(15)6-11(16)17-3/h4-5H,6-7H2,1-3H3,(H,14,15). The van der Waals surface area contributed by atoms with Gasteiger partial charge in [0.2, 0.25) is 5.91 Å². The molecule has 4 nitrogen and oxygen atoms in total. The maximum Gasteiger partial charge on any atom is 0.315 e. The number of nitrogens with one attached hydrogen (secondary N) is 1. The van der Waals surface area contributed by atoms with Gasteiger partial charge >= 0.3 is 5.97 Å². The van der Waals surface area contributed by atoms with Crippen molar-refractivity contribution in [3.8, 4) is 0 Å². The van der Waals surface area contributed by atoms with Crippen molar-refractivity contribution in [1.29, 1.82) is 0 Å². The lowest BCUT2D eigenvalue weighted by molar-refractivity contribution is -0.143. The minimum absolute atomic E-state index is 0.164. The Bertz CT molecular complexity index is 442. The highest BCUT2D eigenvalue weighted by Crippen LogP contribution is 2.32. The van der Waals surface area contributed by atoms with Crippen LogP contribution in [0.5, 0.6) is 0 Å². The SMILES string of the molecule is COC(=O)CC(=O)NCC(C)(C)c1ccc(Br)s1. The largest absolute Gasteiger partial charge is 0.469 e. The van der Waals surface area contributed by atoms with E-state index in [0.717, 1.165) is 3.79 Å². The van der Waals surface area contributed by atoms with E-state index >= 15 is 0 Å². The number of carbonyl (C=O) groups is 2. The molecule has 0 unspecified atom stereocenters. The summed E-state index contributed by atoms with van der Waals surface area (Å²) in [6.45, 7) is 4.57. The third-order valence-corrected chi connectivity index (χ3v) is 4.49. The van der Waals surface area contributed by atoms with Crippen molar-refractivity contribution < 1.29 is 14.3 Å². The van der Waals surface area contributed by atoms with Gasteiger partial charge in [0.15, 0.2) is 0 Å². The Kier molecular flexibility index (Phi) is 5.34. The summed E-state index contributed by atoms with van der Waals surface area (Å²) in [5.41, 5.74) is -0.164. The first-order valence-electron chi connectivity index (χ1n) is 5.44.